The maximum Gasteiger partial charge on any atom is 0.243 e. The molecular formula is C31H44N4O7. The molecule has 42 heavy (non-hydrogen) atoms. The molecule has 2 saturated carbocycles. The van der Waals surface area contributed by atoms with E-state index in [1.54, 1.807) is 33.1 Å². The highest BCUT2D eigenvalue weighted by molar-refractivity contribution is 5.98. The van der Waals surface area contributed by atoms with E-state index in [-0.39, 0.29) is 24.7 Å². The summed E-state index contributed by atoms with van der Waals surface area (Å²) in [6.07, 6.45) is 4.25. The third kappa shape index (κ3) is 7.87. The highest BCUT2D eigenvalue weighted by atomic mass is 16.6. The van der Waals surface area contributed by atoms with Gasteiger partial charge in [-0.3, -0.25) is 24.1 Å². The van der Waals surface area contributed by atoms with E-state index in [9.17, 15) is 19.2 Å². The lowest BCUT2D eigenvalue weighted by molar-refractivity contribution is -0.134. The Hall–Kier alpha value is -3.02. The van der Waals surface area contributed by atoms with Crippen molar-refractivity contribution in [2.45, 2.75) is 69.7 Å². The van der Waals surface area contributed by atoms with Crippen LogP contribution < -0.4 is 20.7 Å². The second-order valence-electron chi connectivity index (χ2n) is 12.6. The van der Waals surface area contributed by atoms with Crippen molar-refractivity contribution in [3.63, 3.8) is 0 Å². The van der Waals surface area contributed by atoms with E-state index in [0.29, 0.717) is 51.0 Å². The third-order valence-corrected chi connectivity index (χ3v) is 9.12. The van der Waals surface area contributed by atoms with Gasteiger partial charge in [0.1, 0.15) is 23.4 Å². The first-order valence-corrected chi connectivity index (χ1v) is 15.1. The Morgan fingerprint density at radius 2 is 1.62 bits per heavy atom. The van der Waals surface area contributed by atoms with Crippen LogP contribution in [-0.2, 0) is 35.1 Å². The van der Waals surface area contributed by atoms with E-state index < -0.39 is 35.5 Å². The largest absolute Gasteiger partial charge is 0.497 e. The third-order valence-electron chi connectivity index (χ3n) is 9.12. The van der Waals surface area contributed by atoms with Crippen LogP contribution in [0.5, 0.6) is 5.75 Å². The average Bonchev–Trinajstić information content (AvgIpc) is 3.88. The number of methoxy groups -OCH3 is 1. The molecule has 2 saturated heterocycles. The molecule has 0 radical (unpaired) electrons. The lowest BCUT2D eigenvalue weighted by Gasteiger charge is -2.28. The first-order chi connectivity index (χ1) is 20.1. The predicted molar refractivity (Wildman–Crippen MR) is 154 cm³/mol. The number of ketones is 1. The maximum absolute atomic E-state index is 13.8. The predicted octanol–water partition coefficient (Wildman–Crippen LogP) is 0.838. The number of morpholine rings is 1. The van der Waals surface area contributed by atoms with Crippen LogP contribution in [0.3, 0.4) is 0 Å². The van der Waals surface area contributed by atoms with Gasteiger partial charge in [-0.25, -0.2) is 0 Å². The normalized spacial score (nSPS) is 28.5. The molecular weight excluding hydrogens is 540 g/mol. The van der Waals surface area contributed by atoms with Crippen LogP contribution in [0.1, 0.15) is 45.1 Å². The van der Waals surface area contributed by atoms with Crippen molar-refractivity contribution in [2.75, 3.05) is 46.6 Å². The summed E-state index contributed by atoms with van der Waals surface area (Å²) in [6, 6.07) is 4.77. The highest BCUT2D eigenvalue weighted by Crippen LogP contribution is 2.55. The summed E-state index contributed by atoms with van der Waals surface area (Å²) in [4.78, 5) is 55.0. The number of amides is 3. The molecule has 7 atom stereocenters. The van der Waals surface area contributed by atoms with Crippen LogP contribution in [-0.4, -0.2) is 98.7 Å². The molecule has 11 heteroatoms. The molecule has 11 nitrogen and oxygen atoms in total. The highest BCUT2D eigenvalue weighted by Gasteiger charge is 2.52. The fourth-order valence-electron chi connectivity index (χ4n) is 6.31. The van der Waals surface area contributed by atoms with Crippen molar-refractivity contribution in [3.8, 4) is 5.75 Å². The number of Topliss-reactive ketones (excluding diaryl/α,β-unsaturated/α-hetero) is 1. The van der Waals surface area contributed by atoms with E-state index >= 15 is 0 Å². The molecule has 1 aromatic rings. The van der Waals surface area contributed by atoms with Crippen molar-refractivity contribution >= 4 is 23.5 Å². The molecule has 4 fully saturated rings. The quantitative estimate of drug-likeness (QED) is 0.274. The minimum absolute atomic E-state index is 0.116. The van der Waals surface area contributed by atoms with Crippen molar-refractivity contribution in [1.82, 2.24) is 20.9 Å². The molecule has 3 N–H and O–H groups in total. The molecule has 0 spiro atoms. The number of rotatable bonds is 14. The molecule has 2 aliphatic heterocycles. The SMILES string of the molecule is COc1ccc(CC(NC(=O)C(C)NC(=O)CN2CCOCC2)C(=O)NC(CC2CC3C[C@H]3C2)C(=O)C2(C)CO2)cc1. The fraction of sp³-hybridized carbons (Fsp3) is 0.677. The Balaban J connectivity index is 1.25. The second kappa shape index (κ2) is 13.1. The van der Waals surface area contributed by atoms with Crippen molar-refractivity contribution in [2.24, 2.45) is 17.8 Å². The van der Waals surface area contributed by atoms with Crippen LogP contribution in [0.25, 0.3) is 0 Å². The summed E-state index contributed by atoms with van der Waals surface area (Å²) in [5, 5.41) is 8.57. The van der Waals surface area contributed by atoms with Gasteiger partial charge in [0.25, 0.3) is 0 Å². The molecule has 230 valence electrons. The molecule has 6 unspecified atom stereocenters. The smallest absolute Gasteiger partial charge is 0.243 e. The van der Waals surface area contributed by atoms with Crippen LogP contribution >= 0.6 is 0 Å². The summed E-state index contributed by atoms with van der Waals surface area (Å²) in [7, 11) is 1.58. The van der Waals surface area contributed by atoms with Crippen molar-refractivity contribution in [3.05, 3.63) is 29.8 Å². The first-order valence-electron chi connectivity index (χ1n) is 15.1. The number of ether oxygens (including phenoxy) is 3. The van der Waals surface area contributed by atoms with Crippen molar-refractivity contribution in [1.29, 1.82) is 0 Å². The zero-order valence-corrected chi connectivity index (χ0v) is 24.9. The molecule has 2 aliphatic carbocycles. The van der Waals surface area contributed by atoms with Gasteiger partial charge in [0, 0.05) is 19.5 Å². The summed E-state index contributed by atoms with van der Waals surface area (Å²) in [5.74, 6) is 1.29. The molecule has 0 aromatic heterocycles. The average molecular weight is 585 g/mol. The van der Waals surface area contributed by atoms with Crippen LogP contribution in [0, 0.1) is 17.8 Å². The molecule has 0 bridgehead atoms. The monoisotopic (exact) mass is 584 g/mol. The Kier molecular flexibility index (Phi) is 9.49. The summed E-state index contributed by atoms with van der Waals surface area (Å²) in [5.41, 5.74) is -0.0514. The number of carbonyl (C=O) groups is 4. The number of nitrogens with zero attached hydrogens (tertiary/aromatic N) is 1. The molecule has 1 aromatic carbocycles. The number of nitrogens with one attached hydrogen (secondary N) is 3. The van der Waals surface area contributed by atoms with Gasteiger partial charge in [0.15, 0.2) is 5.78 Å². The van der Waals surface area contributed by atoms with E-state index in [2.05, 4.69) is 16.0 Å². The summed E-state index contributed by atoms with van der Waals surface area (Å²) >= 11 is 0. The minimum atomic E-state index is -0.954. The number of epoxide rings is 1. The zero-order valence-electron chi connectivity index (χ0n) is 24.9. The number of hydrogen-bond donors (Lipinski definition) is 3. The zero-order chi connectivity index (χ0) is 29.9. The van der Waals surface area contributed by atoms with Gasteiger partial charge in [-0.05, 0) is 75.0 Å². The Labute approximate surface area is 247 Å². The fourth-order valence-corrected chi connectivity index (χ4v) is 6.31. The molecule has 5 rings (SSSR count). The number of benzene rings is 1. The van der Waals surface area contributed by atoms with Crippen LogP contribution in [0.15, 0.2) is 24.3 Å². The number of hydrogen-bond acceptors (Lipinski definition) is 8. The lowest BCUT2D eigenvalue weighted by Crippen LogP contribution is -2.57. The summed E-state index contributed by atoms with van der Waals surface area (Å²) < 4.78 is 16.0. The first kappa shape index (κ1) is 30.4. The van der Waals surface area contributed by atoms with E-state index in [1.807, 2.05) is 17.0 Å². The van der Waals surface area contributed by atoms with Gasteiger partial charge in [-0.15, -0.1) is 0 Å². The van der Waals surface area contributed by atoms with E-state index in [0.717, 1.165) is 30.2 Å². The molecule has 4 aliphatic rings. The van der Waals surface area contributed by atoms with Gasteiger partial charge < -0.3 is 30.2 Å². The van der Waals surface area contributed by atoms with E-state index in [1.165, 1.54) is 6.42 Å². The van der Waals surface area contributed by atoms with E-state index in [4.69, 9.17) is 14.2 Å². The Morgan fingerprint density at radius 1 is 0.976 bits per heavy atom. The van der Waals surface area contributed by atoms with Gasteiger partial charge in [0.2, 0.25) is 17.7 Å². The van der Waals surface area contributed by atoms with Crippen LogP contribution in [0.2, 0.25) is 0 Å². The maximum atomic E-state index is 13.8. The second-order valence-corrected chi connectivity index (χ2v) is 12.6. The van der Waals surface area contributed by atoms with Crippen molar-refractivity contribution < 1.29 is 33.4 Å². The van der Waals surface area contributed by atoms with Gasteiger partial charge in [-0.2, -0.15) is 0 Å². The Bertz CT molecular complexity index is 1140. The van der Waals surface area contributed by atoms with Gasteiger partial charge >= 0.3 is 0 Å². The molecule has 3 amide bonds. The topological polar surface area (TPSA) is 139 Å². The summed E-state index contributed by atoms with van der Waals surface area (Å²) in [6.45, 7) is 6.33. The van der Waals surface area contributed by atoms with Crippen LogP contribution in [0.4, 0.5) is 0 Å². The van der Waals surface area contributed by atoms with Gasteiger partial charge in [0.05, 0.1) is 39.5 Å². The Morgan fingerprint density at radius 3 is 2.24 bits per heavy atom. The molecule has 2 heterocycles. The lowest BCUT2D eigenvalue weighted by atomic mass is 9.89. The van der Waals surface area contributed by atoms with Gasteiger partial charge in [-0.1, -0.05) is 12.1 Å². The number of fused-ring (bicyclic) bond motifs is 1. The standard InChI is InChI=1S/C31H44N4O7/c1-19(32-27(36)17-35-8-10-41-11-9-35)29(38)34-26(14-20-4-6-24(40-3)7-5-20)30(39)33-25(28(37)31(2)18-42-31)15-21-12-22-16-23(22)13-21/h4-7,19,21-23,25-26H,8-18H2,1-3H3,(H,32,36)(H,33,39)(H,34,38)/t19?,21?,22-,23?,25?,26?,31?/m1/s1. The number of carbonyl (C=O) groups excluding carboxylic acids is 4. The minimum Gasteiger partial charge on any atom is -0.497 e.